The number of hydrogen-bond donors (Lipinski definition) is 0. The van der Waals surface area contributed by atoms with Crippen LogP contribution >= 0.6 is 11.8 Å². The number of thioether (sulfide) groups is 1. The lowest BCUT2D eigenvalue weighted by Crippen LogP contribution is -2.33. The summed E-state index contributed by atoms with van der Waals surface area (Å²) in [7, 11) is -1.77. The average Bonchev–Trinajstić information content (AvgIpc) is 2.73. The summed E-state index contributed by atoms with van der Waals surface area (Å²) in [5, 5.41) is 0.200. The van der Waals surface area contributed by atoms with Crippen LogP contribution in [0.4, 0.5) is 0 Å². The van der Waals surface area contributed by atoms with Gasteiger partial charge in [-0.25, -0.2) is 12.7 Å². The molecule has 1 fully saturated rings. The van der Waals surface area contributed by atoms with Crippen LogP contribution in [0.25, 0.3) is 0 Å². The zero-order chi connectivity index (χ0) is 13.8. The predicted molar refractivity (Wildman–Crippen MR) is 73.1 cm³/mol. The summed E-state index contributed by atoms with van der Waals surface area (Å²) < 4.78 is 30.1. The Kier molecular flexibility index (Phi) is 5.94. The molecular weight excluding hydrogens is 274 g/mol. The molecule has 5 nitrogen and oxygen atoms in total. The van der Waals surface area contributed by atoms with Crippen LogP contribution in [-0.4, -0.2) is 55.6 Å². The molecule has 1 saturated heterocycles. The number of sulfonamides is 1. The van der Waals surface area contributed by atoms with Gasteiger partial charge in [0.1, 0.15) is 0 Å². The first-order valence-corrected chi connectivity index (χ1v) is 8.67. The fraction of sp³-hybridized carbons (Fsp3) is 0.909. The molecule has 0 amide bonds. The molecule has 0 bridgehead atoms. The lowest BCUT2D eigenvalue weighted by Gasteiger charge is -2.17. The van der Waals surface area contributed by atoms with E-state index in [0.29, 0.717) is 18.8 Å². The SMILES string of the molecule is COC(=O)CSC1CCN(S(=O)(=O)CC(C)C)C1. The van der Waals surface area contributed by atoms with Gasteiger partial charge >= 0.3 is 5.97 Å². The number of carbonyl (C=O) groups is 1. The summed E-state index contributed by atoms with van der Waals surface area (Å²) in [6, 6.07) is 0. The number of hydrogen-bond acceptors (Lipinski definition) is 5. The van der Waals surface area contributed by atoms with E-state index < -0.39 is 10.0 Å². The number of methoxy groups -OCH3 is 1. The summed E-state index contributed by atoms with van der Waals surface area (Å²) in [5.41, 5.74) is 0. The van der Waals surface area contributed by atoms with Gasteiger partial charge in [-0.2, -0.15) is 0 Å². The van der Waals surface area contributed by atoms with Crippen molar-refractivity contribution in [2.24, 2.45) is 5.92 Å². The third-order valence-corrected chi connectivity index (χ3v) is 6.17. The molecule has 1 unspecified atom stereocenters. The molecule has 0 spiro atoms. The Bertz CT molecular complexity index is 381. The second-order valence-electron chi connectivity index (χ2n) is 4.83. The van der Waals surface area contributed by atoms with Crippen LogP contribution in [0.15, 0.2) is 0 Å². The molecule has 18 heavy (non-hydrogen) atoms. The number of esters is 1. The standard InChI is InChI=1S/C11H21NO4S2/c1-9(2)8-18(14,15)12-5-4-10(6-12)17-7-11(13)16-3/h9-10H,4-8H2,1-3H3. The quantitative estimate of drug-likeness (QED) is 0.683. The van der Waals surface area contributed by atoms with Crippen LogP contribution in [0.2, 0.25) is 0 Å². The van der Waals surface area contributed by atoms with Crippen molar-refractivity contribution >= 4 is 27.8 Å². The van der Waals surface area contributed by atoms with Gasteiger partial charge in [-0.05, 0) is 12.3 Å². The molecule has 1 aliphatic heterocycles. The second kappa shape index (κ2) is 6.77. The third-order valence-electron chi connectivity index (χ3n) is 2.71. The van der Waals surface area contributed by atoms with Crippen molar-refractivity contribution in [3.05, 3.63) is 0 Å². The summed E-state index contributed by atoms with van der Waals surface area (Å²) in [5.74, 6) is 0.362. The van der Waals surface area contributed by atoms with Crippen molar-refractivity contribution in [2.75, 3.05) is 31.7 Å². The summed E-state index contributed by atoms with van der Waals surface area (Å²) in [6.45, 7) is 4.87. The molecule has 106 valence electrons. The van der Waals surface area contributed by atoms with E-state index in [2.05, 4.69) is 4.74 Å². The molecule has 0 aromatic rings. The van der Waals surface area contributed by atoms with E-state index in [4.69, 9.17) is 0 Å². The number of nitrogens with zero attached hydrogens (tertiary/aromatic N) is 1. The van der Waals surface area contributed by atoms with E-state index in [0.717, 1.165) is 6.42 Å². The van der Waals surface area contributed by atoms with Crippen molar-refractivity contribution in [1.82, 2.24) is 4.31 Å². The Hall–Kier alpha value is -0.270. The Labute approximate surface area is 113 Å². The van der Waals surface area contributed by atoms with Gasteiger partial charge in [-0.15, -0.1) is 11.8 Å². The fourth-order valence-electron chi connectivity index (χ4n) is 1.86. The van der Waals surface area contributed by atoms with Crippen molar-refractivity contribution < 1.29 is 17.9 Å². The summed E-state index contributed by atoms with van der Waals surface area (Å²) in [6.07, 6.45) is 0.805. The molecule has 1 atom stereocenters. The van der Waals surface area contributed by atoms with E-state index in [1.54, 1.807) is 4.31 Å². The summed E-state index contributed by atoms with van der Waals surface area (Å²) in [4.78, 5) is 11.0. The molecule has 0 aromatic carbocycles. The lowest BCUT2D eigenvalue weighted by molar-refractivity contribution is -0.137. The molecule has 0 radical (unpaired) electrons. The van der Waals surface area contributed by atoms with Crippen molar-refractivity contribution in [3.8, 4) is 0 Å². The minimum Gasteiger partial charge on any atom is -0.468 e. The highest BCUT2D eigenvalue weighted by molar-refractivity contribution is 8.00. The molecule has 7 heteroatoms. The zero-order valence-corrected chi connectivity index (χ0v) is 12.7. The highest BCUT2D eigenvalue weighted by atomic mass is 32.2. The monoisotopic (exact) mass is 295 g/mol. The van der Waals surface area contributed by atoms with Gasteiger partial charge in [-0.3, -0.25) is 4.79 Å². The largest absolute Gasteiger partial charge is 0.468 e. The van der Waals surface area contributed by atoms with E-state index in [9.17, 15) is 13.2 Å². The minimum atomic E-state index is -3.13. The molecule has 0 saturated carbocycles. The third kappa shape index (κ3) is 4.78. The molecule has 1 aliphatic rings. The normalized spacial score (nSPS) is 21.4. The van der Waals surface area contributed by atoms with Gasteiger partial charge in [0.2, 0.25) is 10.0 Å². The highest BCUT2D eigenvalue weighted by Crippen LogP contribution is 2.25. The number of carbonyl (C=O) groups excluding carboxylic acids is 1. The van der Waals surface area contributed by atoms with E-state index in [1.165, 1.54) is 18.9 Å². The second-order valence-corrected chi connectivity index (χ2v) is 8.13. The van der Waals surface area contributed by atoms with E-state index in [1.807, 2.05) is 13.8 Å². The molecule has 1 heterocycles. The first-order valence-electron chi connectivity index (χ1n) is 6.01. The van der Waals surface area contributed by atoms with Crippen molar-refractivity contribution in [2.45, 2.75) is 25.5 Å². The van der Waals surface area contributed by atoms with Gasteiger partial charge in [0.15, 0.2) is 0 Å². The van der Waals surface area contributed by atoms with Crippen LogP contribution in [0.1, 0.15) is 20.3 Å². The molecule has 1 rings (SSSR count). The summed E-state index contributed by atoms with van der Waals surface area (Å²) >= 11 is 1.47. The maximum absolute atomic E-state index is 12.0. The van der Waals surface area contributed by atoms with E-state index in [-0.39, 0.29) is 22.9 Å². The van der Waals surface area contributed by atoms with Gasteiger partial charge in [0.25, 0.3) is 0 Å². The number of ether oxygens (including phenoxy) is 1. The topological polar surface area (TPSA) is 63.7 Å². The molecule has 0 aliphatic carbocycles. The Balaban J connectivity index is 2.43. The van der Waals surface area contributed by atoms with Crippen molar-refractivity contribution in [1.29, 1.82) is 0 Å². The van der Waals surface area contributed by atoms with Crippen LogP contribution in [-0.2, 0) is 19.6 Å². The van der Waals surface area contributed by atoms with Gasteiger partial charge < -0.3 is 4.74 Å². The smallest absolute Gasteiger partial charge is 0.315 e. The predicted octanol–water partition coefficient (Wildman–Crippen LogP) is 0.953. The van der Waals surface area contributed by atoms with Crippen LogP contribution in [0.5, 0.6) is 0 Å². The first kappa shape index (κ1) is 15.8. The molecular formula is C11H21NO4S2. The highest BCUT2D eigenvalue weighted by Gasteiger charge is 2.32. The van der Waals surface area contributed by atoms with Crippen LogP contribution < -0.4 is 0 Å². The number of rotatable bonds is 6. The Morgan fingerprint density at radius 3 is 2.72 bits per heavy atom. The lowest BCUT2D eigenvalue weighted by atomic mass is 10.3. The minimum absolute atomic E-state index is 0.136. The fourth-order valence-corrected chi connectivity index (χ4v) is 4.84. The van der Waals surface area contributed by atoms with Gasteiger partial charge in [0, 0.05) is 18.3 Å². The van der Waals surface area contributed by atoms with E-state index >= 15 is 0 Å². The first-order chi connectivity index (χ1) is 8.35. The van der Waals surface area contributed by atoms with Gasteiger partial charge in [-0.1, -0.05) is 13.8 Å². The Morgan fingerprint density at radius 1 is 1.50 bits per heavy atom. The maximum atomic E-state index is 12.0. The Morgan fingerprint density at radius 2 is 2.17 bits per heavy atom. The molecule has 0 N–H and O–H groups in total. The van der Waals surface area contributed by atoms with Crippen LogP contribution in [0.3, 0.4) is 0 Å². The molecule has 0 aromatic heterocycles. The average molecular weight is 295 g/mol. The maximum Gasteiger partial charge on any atom is 0.315 e. The van der Waals surface area contributed by atoms with Crippen LogP contribution in [0, 0.1) is 5.92 Å². The van der Waals surface area contributed by atoms with Crippen molar-refractivity contribution in [3.63, 3.8) is 0 Å². The zero-order valence-electron chi connectivity index (χ0n) is 11.1. The van der Waals surface area contributed by atoms with Gasteiger partial charge in [0.05, 0.1) is 18.6 Å².